The molecule has 0 radical (unpaired) electrons. The first-order chi connectivity index (χ1) is 12.9. The van der Waals surface area contributed by atoms with Crippen LogP contribution >= 0.6 is 0 Å². The van der Waals surface area contributed by atoms with E-state index in [1.807, 2.05) is 35.8 Å². The van der Waals surface area contributed by atoms with Crippen LogP contribution < -0.4 is 5.32 Å². The van der Waals surface area contributed by atoms with Gasteiger partial charge in [0.15, 0.2) is 0 Å². The van der Waals surface area contributed by atoms with Crippen molar-refractivity contribution in [2.45, 2.75) is 26.1 Å². The first-order valence-corrected chi connectivity index (χ1v) is 8.50. The van der Waals surface area contributed by atoms with Gasteiger partial charge in [-0.15, -0.1) is 0 Å². The molecule has 7 heteroatoms. The lowest BCUT2D eigenvalue weighted by Crippen LogP contribution is -2.13. The summed E-state index contributed by atoms with van der Waals surface area (Å²) >= 11 is 0. The highest BCUT2D eigenvalue weighted by atomic mass is 19.4. The minimum absolute atomic E-state index is 0.294. The summed E-state index contributed by atoms with van der Waals surface area (Å²) in [6, 6.07) is 12.3. The van der Waals surface area contributed by atoms with Crippen LogP contribution in [0.25, 0.3) is 17.1 Å². The fourth-order valence-corrected chi connectivity index (χ4v) is 2.76. The number of imidazole rings is 1. The van der Waals surface area contributed by atoms with E-state index in [9.17, 15) is 18.0 Å². The molecule has 0 unspecified atom stereocenters. The van der Waals surface area contributed by atoms with Crippen LogP contribution in [0.5, 0.6) is 0 Å². The highest BCUT2D eigenvalue weighted by Gasteiger charge is 2.30. The predicted molar refractivity (Wildman–Crippen MR) is 99.1 cm³/mol. The second-order valence-corrected chi connectivity index (χ2v) is 6.02. The average molecular weight is 373 g/mol. The topological polar surface area (TPSA) is 46.9 Å². The van der Waals surface area contributed by atoms with Crippen molar-refractivity contribution in [3.63, 3.8) is 0 Å². The Bertz CT molecular complexity index is 990. The Morgan fingerprint density at radius 3 is 2.70 bits per heavy atom. The van der Waals surface area contributed by atoms with E-state index in [0.717, 1.165) is 29.6 Å². The van der Waals surface area contributed by atoms with Gasteiger partial charge in [-0.25, -0.2) is 4.98 Å². The Balaban J connectivity index is 1.79. The smallest absolute Gasteiger partial charge is 0.310 e. The summed E-state index contributed by atoms with van der Waals surface area (Å²) in [5.74, 6) is -0.0446. The molecular weight excluding hydrogens is 355 g/mol. The molecule has 140 valence electrons. The first-order valence-electron chi connectivity index (χ1n) is 8.50. The van der Waals surface area contributed by atoms with Crippen LogP contribution in [-0.2, 0) is 17.5 Å². The number of carbonyl (C=O) groups is 1. The number of rotatable bonds is 5. The van der Waals surface area contributed by atoms with Crippen LogP contribution in [0.15, 0.2) is 54.6 Å². The van der Waals surface area contributed by atoms with Crippen LogP contribution in [0.4, 0.5) is 19.1 Å². The molecule has 0 bridgehead atoms. The summed E-state index contributed by atoms with van der Waals surface area (Å²) in [7, 11) is 0. The number of fused-ring (bicyclic) bond motifs is 1. The van der Waals surface area contributed by atoms with E-state index in [1.165, 1.54) is 24.3 Å². The molecule has 0 saturated heterocycles. The fourth-order valence-electron chi connectivity index (χ4n) is 2.76. The Morgan fingerprint density at radius 1 is 1.19 bits per heavy atom. The molecule has 0 saturated carbocycles. The molecule has 1 heterocycles. The van der Waals surface area contributed by atoms with Gasteiger partial charge < -0.3 is 4.57 Å². The zero-order chi connectivity index (χ0) is 19.4. The summed E-state index contributed by atoms with van der Waals surface area (Å²) in [4.78, 5) is 16.6. The number of amides is 1. The zero-order valence-corrected chi connectivity index (χ0v) is 14.6. The van der Waals surface area contributed by atoms with E-state index in [0.29, 0.717) is 18.1 Å². The van der Waals surface area contributed by atoms with E-state index in [2.05, 4.69) is 10.3 Å². The lowest BCUT2D eigenvalue weighted by molar-refractivity contribution is -0.137. The third-order valence-electron chi connectivity index (χ3n) is 3.98. The number of aryl methyl sites for hydroxylation is 1. The Hall–Kier alpha value is -3.09. The van der Waals surface area contributed by atoms with Gasteiger partial charge in [-0.05, 0) is 42.3 Å². The fraction of sp³-hybridized carbons (Fsp3) is 0.200. The quantitative estimate of drug-likeness (QED) is 0.631. The number of aromatic nitrogens is 2. The van der Waals surface area contributed by atoms with Crippen molar-refractivity contribution in [3.8, 4) is 0 Å². The zero-order valence-electron chi connectivity index (χ0n) is 14.6. The summed E-state index contributed by atoms with van der Waals surface area (Å²) < 4.78 is 40.2. The van der Waals surface area contributed by atoms with Crippen LogP contribution in [0.2, 0.25) is 0 Å². The van der Waals surface area contributed by atoms with Gasteiger partial charge in [0.1, 0.15) is 0 Å². The van der Waals surface area contributed by atoms with Crippen molar-refractivity contribution >= 4 is 29.0 Å². The van der Waals surface area contributed by atoms with Crippen molar-refractivity contribution in [3.05, 3.63) is 65.7 Å². The molecule has 4 nitrogen and oxygen atoms in total. The highest BCUT2D eigenvalue weighted by molar-refractivity contribution is 6.01. The molecule has 0 aliphatic heterocycles. The van der Waals surface area contributed by atoms with Gasteiger partial charge in [0.2, 0.25) is 5.95 Å². The predicted octanol–water partition coefficient (Wildman–Crippen LogP) is 5.12. The number of benzene rings is 2. The summed E-state index contributed by atoms with van der Waals surface area (Å²) in [5, 5.41) is 2.70. The standard InChI is InChI=1S/C20H18F3N3O/c1-2-12-26-17-9-4-3-8-16(17)24-19(26)25-18(27)11-10-14-6-5-7-15(13-14)20(21,22)23/h3-11,13H,2,12H2,1H3,(H,24,25,27)/b11-10+. The molecule has 3 aromatic rings. The van der Waals surface area contributed by atoms with Gasteiger partial charge in [-0.3, -0.25) is 10.1 Å². The number of alkyl halides is 3. The minimum Gasteiger partial charge on any atom is -0.310 e. The number of nitrogens with zero attached hydrogens (tertiary/aromatic N) is 2. The molecule has 27 heavy (non-hydrogen) atoms. The van der Waals surface area contributed by atoms with E-state index in [-0.39, 0.29) is 0 Å². The third kappa shape index (κ3) is 4.36. The van der Waals surface area contributed by atoms with E-state index in [1.54, 1.807) is 0 Å². The minimum atomic E-state index is -4.42. The summed E-state index contributed by atoms with van der Waals surface area (Å²) in [6.45, 7) is 2.71. The Morgan fingerprint density at radius 2 is 1.96 bits per heavy atom. The molecule has 3 rings (SSSR count). The number of anilines is 1. The van der Waals surface area contributed by atoms with E-state index in [4.69, 9.17) is 0 Å². The normalized spacial score (nSPS) is 12.0. The molecule has 0 atom stereocenters. The third-order valence-corrected chi connectivity index (χ3v) is 3.98. The van der Waals surface area contributed by atoms with Gasteiger partial charge in [0, 0.05) is 12.6 Å². The van der Waals surface area contributed by atoms with Crippen LogP contribution in [0, 0.1) is 0 Å². The van der Waals surface area contributed by atoms with Gasteiger partial charge in [0.25, 0.3) is 5.91 Å². The van der Waals surface area contributed by atoms with Crippen LogP contribution in [0.1, 0.15) is 24.5 Å². The lowest BCUT2D eigenvalue weighted by Gasteiger charge is -2.08. The van der Waals surface area contributed by atoms with Crippen molar-refractivity contribution in [1.82, 2.24) is 9.55 Å². The molecule has 0 spiro atoms. The Labute approximate surface area is 154 Å². The molecule has 0 aliphatic carbocycles. The molecular formula is C20H18F3N3O. The maximum absolute atomic E-state index is 12.8. The highest BCUT2D eigenvalue weighted by Crippen LogP contribution is 2.29. The Kier molecular flexibility index (Phi) is 5.30. The number of carbonyl (C=O) groups excluding carboxylic acids is 1. The molecule has 1 N–H and O–H groups in total. The molecule has 1 aromatic heterocycles. The summed E-state index contributed by atoms with van der Waals surface area (Å²) in [5.41, 5.74) is 1.22. The van der Waals surface area contributed by atoms with Gasteiger partial charge in [0.05, 0.1) is 16.6 Å². The molecule has 1 amide bonds. The first kappa shape index (κ1) is 18.7. The van der Waals surface area contributed by atoms with Crippen molar-refractivity contribution in [1.29, 1.82) is 0 Å². The second kappa shape index (κ2) is 7.65. The van der Waals surface area contributed by atoms with Gasteiger partial charge in [-0.2, -0.15) is 13.2 Å². The summed E-state index contributed by atoms with van der Waals surface area (Å²) in [6.07, 6.45) is -1.01. The monoisotopic (exact) mass is 373 g/mol. The van der Waals surface area contributed by atoms with Gasteiger partial charge >= 0.3 is 6.18 Å². The van der Waals surface area contributed by atoms with Crippen molar-refractivity contribution < 1.29 is 18.0 Å². The largest absolute Gasteiger partial charge is 0.416 e. The van der Waals surface area contributed by atoms with Gasteiger partial charge in [-0.1, -0.05) is 31.2 Å². The van der Waals surface area contributed by atoms with Crippen LogP contribution in [0.3, 0.4) is 0 Å². The van der Waals surface area contributed by atoms with E-state index >= 15 is 0 Å². The van der Waals surface area contributed by atoms with Crippen molar-refractivity contribution in [2.24, 2.45) is 0 Å². The number of nitrogens with one attached hydrogen (secondary N) is 1. The molecule has 2 aromatic carbocycles. The average Bonchev–Trinajstić information content (AvgIpc) is 2.97. The van der Waals surface area contributed by atoms with E-state index < -0.39 is 17.6 Å². The number of para-hydroxylation sites is 2. The molecule has 0 aliphatic rings. The second-order valence-electron chi connectivity index (χ2n) is 6.02. The van der Waals surface area contributed by atoms with Crippen molar-refractivity contribution in [2.75, 3.05) is 5.32 Å². The number of hydrogen-bond acceptors (Lipinski definition) is 2. The van der Waals surface area contributed by atoms with Crippen LogP contribution in [-0.4, -0.2) is 15.5 Å². The lowest BCUT2D eigenvalue weighted by atomic mass is 10.1. The maximum atomic E-state index is 12.8. The molecule has 0 fully saturated rings. The number of halogens is 3. The maximum Gasteiger partial charge on any atom is 0.416 e. The number of hydrogen-bond donors (Lipinski definition) is 1. The SMILES string of the molecule is CCCn1c(NC(=O)/C=C/c2cccc(C(F)(F)F)c2)nc2ccccc21.